The summed E-state index contributed by atoms with van der Waals surface area (Å²) in [4.78, 5) is 2.33. The van der Waals surface area contributed by atoms with E-state index >= 15 is 0 Å². The first-order valence-corrected chi connectivity index (χ1v) is 7.84. The Morgan fingerprint density at radius 2 is 1.79 bits per heavy atom. The van der Waals surface area contributed by atoms with Gasteiger partial charge in [-0.25, -0.2) is 0 Å². The van der Waals surface area contributed by atoms with Crippen LogP contribution in [0.15, 0.2) is 0 Å². The van der Waals surface area contributed by atoms with Crippen molar-refractivity contribution in [3.05, 3.63) is 0 Å². The average Bonchev–Trinajstić information content (AvgIpc) is 2.36. The number of nitrogens with one attached hydrogen (secondary N) is 1. The Morgan fingerprint density at radius 3 is 2.26 bits per heavy atom. The number of hydrogen-bond acceptors (Lipinski definition) is 3. The second-order valence-electron chi connectivity index (χ2n) is 7.61. The summed E-state index contributed by atoms with van der Waals surface area (Å²) in [5, 5.41) is 13.0. The van der Waals surface area contributed by atoms with Crippen LogP contribution in [0.5, 0.6) is 0 Å². The van der Waals surface area contributed by atoms with E-state index in [1.165, 1.54) is 32.1 Å². The molecular weight excluding hydrogens is 236 g/mol. The fourth-order valence-corrected chi connectivity index (χ4v) is 2.97. The third-order valence-electron chi connectivity index (χ3n) is 4.51. The first kappa shape index (κ1) is 16.9. The van der Waals surface area contributed by atoms with Gasteiger partial charge >= 0.3 is 0 Å². The number of nitrogens with zero attached hydrogens (tertiary/aromatic N) is 1. The molecule has 0 bridgehead atoms. The number of rotatable bonds is 6. The molecule has 19 heavy (non-hydrogen) atoms. The molecule has 0 saturated heterocycles. The van der Waals surface area contributed by atoms with Gasteiger partial charge in [-0.2, -0.15) is 0 Å². The molecule has 1 fully saturated rings. The van der Waals surface area contributed by atoms with Crippen molar-refractivity contribution in [1.82, 2.24) is 10.2 Å². The van der Waals surface area contributed by atoms with Crippen molar-refractivity contribution < 1.29 is 5.11 Å². The van der Waals surface area contributed by atoms with Gasteiger partial charge < -0.3 is 15.3 Å². The molecular formula is C16H34N2O. The molecule has 1 aliphatic carbocycles. The zero-order valence-corrected chi connectivity index (χ0v) is 13.6. The maximum atomic E-state index is 9.32. The van der Waals surface area contributed by atoms with Crippen LogP contribution in [0, 0.1) is 5.41 Å². The minimum absolute atomic E-state index is 0.186. The number of hydrogen-bond donors (Lipinski definition) is 2. The first-order chi connectivity index (χ1) is 8.78. The Morgan fingerprint density at radius 1 is 1.21 bits per heavy atom. The third-order valence-corrected chi connectivity index (χ3v) is 4.51. The van der Waals surface area contributed by atoms with Crippen molar-refractivity contribution in [2.75, 3.05) is 26.7 Å². The van der Waals surface area contributed by atoms with E-state index in [2.05, 4.69) is 45.0 Å². The van der Waals surface area contributed by atoms with Crippen molar-refractivity contribution in [3.63, 3.8) is 0 Å². The Balaban J connectivity index is 2.64. The van der Waals surface area contributed by atoms with Crippen LogP contribution in [0.4, 0.5) is 0 Å². The standard InChI is InChI=1S/C16H34N2O/c1-14(11-19)18(5)13-16(9-7-6-8-10-16)12-17-15(2,3)4/h14,17,19H,6-13H2,1-5H3. The molecule has 0 aromatic carbocycles. The molecule has 1 unspecified atom stereocenters. The van der Waals surface area contributed by atoms with E-state index in [4.69, 9.17) is 0 Å². The van der Waals surface area contributed by atoms with E-state index < -0.39 is 0 Å². The lowest BCUT2D eigenvalue weighted by atomic mass is 9.73. The van der Waals surface area contributed by atoms with Crippen LogP contribution >= 0.6 is 0 Å². The van der Waals surface area contributed by atoms with Gasteiger partial charge in [0.1, 0.15) is 0 Å². The SMILES string of the molecule is CC(CO)N(C)CC1(CNC(C)(C)C)CCCCC1. The van der Waals surface area contributed by atoms with Crippen LogP contribution in [0.25, 0.3) is 0 Å². The molecule has 0 spiro atoms. The third kappa shape index (κ3) is 5.80. The molecule has 3 nitrogen and oxygen atoms in total. The van der Waals surface area contributed by atoms with Gasteiger partial charge in [0.05, 0.1) is 6.61 Å². The lowest BCUT2D eigenvalue weighted by Crippen LogP contribution is -2.50. The zero-order chi connectivity index (χ0) is 14.5. The van der Waals surface area contributed by atoms with Gasteiger partial charge in [0.15, 0.2) is 0 Å². The first-order valence-electron chi connectivity index (χ1n) is 7.84. The molecule has 0 radical (unpaired) electrons. The van der Waals surface area contributed by atoms with Crippen LogP contribution < -0.4 is 5.32 Å². The Hall–Kier alpha value is -0.120. The number of aliphatic hydroxyl groups is 1. The number of likely N-dealkylation sites (N-methyl/N-ethyl adjacent to an activating group) is 1. The summed E-state index contributed by atoms with van der Waals surface area (Å²) in [5.74, 6) is 0. The van der Waals surface area contributed by atoms with Crippen molar-refractivity contribution in [2.45, 2.75) is 71.4 Å². The van der Waals surface area contributed by atoms with E-state index in [1.807, 2.05) is 0 Å². The van der Waals surface area contributed by atoms with E-state index in [0.717, 1.165) is 13.1 Å². The van der Waals surface area contributed by atoms with Crippen LogP contribution in [0.2, 0.25) is 0 Å². The Bertz CT molecular complexity index is 254. The van der Waals surface area contributed by atoms with Crippen LogP contribution in [0.1, 0.15) is 59.8 Å². The molecule has 0 amide bonds. The molecule has 1 aliphatic rings. The normalized spacial score (nSPS) is 21.6. The molecule has 3 heteroatoms. The lowest BCUT2D eigenvalue weighted by Gasteiger charge is -2.43. The van der Waals surface area contributed by atoms with Crippen molar-refractivity contribution >= 4 is 0 Å². The zero-order valence-electron chi connectivity index (χ0n) is 13.6. The largest absolute Gasteiger partial charge is 0.395 e. The van der Waals surface area contributed by atoms with Crippen molar-refractivity contribution in [2.24, 2.45) is 5.41 Å². The monoisotopic (exact) mass is 270 g/mol. The molecule has 0 aliphatic heterocycles. The van der Waals surface area contributed by atoms with Gasteiger partial charge in [-0.3, -0.25) is 0 Å². The highest BCUT2D eigenvalue weighted by molar-refractivity contribution is 4.90. The average molecular weight is 270 g/mol. The fourth-order valence-electron chi connectivity index (χ4n) is 2.97. The Labute approximate surface area is 119 Å². The van der Waals surface area contributed by atoms with E-state index in [0.29, 0.717) is 5.41 Å². The van der Waals surface area contributed by atoms with Crippen molar-refractivity contribution in [3.8, 4) is 0 Å². The van der Waals surface area contributed by atoms with Crippen molar-refractivity contribution in [1.29, 1.82) is 0 Å². The lowest BCUT2D eigenvalue weighted by molar-refractivity contribution is 0.0705. The molecule has 0 aromatic heterocycles. The van der Waals surface area contributed by atoms with Gasteiger partial charge in [0, 0.05) is 24.7 Å². The smallest absolute Gasteiger partial charge is 0.0584 e. The highest BCUT2D eigenvalue weighted by Gasteiger charge is 2.34. The summed E-state index contributed by atoms with van der Waals surface area (Å²) < 4.78 is 0. The predicted octanol–water partition coefficient (Wildman–Crippen LogP) is 2.64. The molecule has 1 saturated carbocycles. The van der Waals surface area contributed by atoms with E-state index in [9.17, 15) is 5.11 Å². The minimum Gasteiger partial charge on any atom is -0.395 e. The van der Waals surface area contributed by atoms with E-state index in [1.54, 1.807) is 0 Å². The quantitative estimate of drug-likeness (QED) is 0.779. The summed E-state index contributed by atoms with van der Waals surface area (Å²) >= 11 is 0. The molecule has 0 aromatic rings. The summed E-state index contributed by atoms with van der Waals surface area (Å²) in [7, 11) is 2.15. The fraction of sp³-hybridized carbons (Fsp3) is 1.00. The van der Waals surface area contributed by atoms with Gasteiger partial charge in [-0.05, 0) is 53.0 Å². The summed E-state index contributed by atoms with van der Waals surface area (Å²) in [6, 6.07) is 0.258. The topological polar surface area (TPSA) is 35.5 Å². The maximum absolute atomic E-state index is 9.32. The Kier molecular flexibility index (Phi) is 6.28. The second-order valence-corrected chi connectivity index (χ2v) is 7.61. The predicted molar refractivity (Wildman–Crippen MR) is 82.5 cm³/mol. The van der Waals surface area contributed by atoms with Gasteiger partial charge in [0.25, 0.3) is 0 Å². The second kappa shape index (κ2) is 7.05. The van der Waals surface area contributed by atoms with Crippen LogP contribution in [-0.4, -0.2) is 48.3 Å². The highest BCUT2D eigenvalue weighted by Crippen LogP contribution is 2.37. The summed E-state index contributed by atoms with van der Waals surface area (Å²) in [6.07, 6.45) is 6.73. The van der Waals surface area contributed by atoms with Crippen LogP contribution in [-0.2, 0) is 0 Å². The van der Waals surface area contributed by atoms with Gasteiger partial charge in [-0.1, -0.05) is 19.3 Å². The number of aliphatic hydroxyl groups excluding tert-OH is 1. The minimum atomic E-state index is 0.186. The van der Waals surface area contributed by atoms with E-state index in [-0.39, 0.29) is 18.2 Å². The maximum Gasteiger partial charge on any atom is 0.0584 e. The summed E-state index contributed by atoms with van der Waals surface area (Å²) in [5.41, 5.74) is 0.579. The summed E-state index contributed by atoms with van der Waals surface area (Å²) in [6.45, 7) is 11.3. The molecule has 2 N–H and O–H groups in total. The molecule has 114 valence electrons. The van der Waals surface area contributed by atoms with Gasteiger partial charge in [-0.15, -0.1) is 0 Å². The molecule has 1 rings (SSSR count). The van der Waals surface area contributed by atoms with Crippen LogP contribution in [0.3, 0.4) is 0 Å². The molecule has 0 heterocycles. The highest BCUT2D eigenvalue weighted by atomic mass is 16.3. The van der Waals surface area contributed by atoms with Gasteiger partial charge in [0.2, 0.25) is 0 Å². The molecule has 1 atom stereocenters.